The maximum atomic E-state index is 5.93. The van der Waals surface area contributed by atoms with E-state index in [1.165, 1.54) is 6.33 Å². The van der Waals surface area contributed by atoms with Crippen LogP contribution >= 0.6 is 11.8 Å². The normalized spacial score (nSPS) is 12.6. The maximum Gasteiger partial charge on any atom is 0.243 e. The van der Waals surface area contributed by atoms with Gasteiger partial charge in [0.15, 0.2) is 0 Å². The lowest BCUT2D eigenvalue weighted by molar-refractivity contribution is 0.353. The fourth-order valence-corrected chi connectivity index (χ4v) is 1.77. The van der Waals surface area contributed by atoms with Crippen LogP contribution in [0.15, 0.2) is 23.1 Å². The van der Waals surface area contributed by atoms with Crippen molar-refractivity contribution in [1.82, 2.24) is 20.1 Å². The molecule has 2 aromatic heterocycles. The summed E-state index contributed by atoms with van der Waals surface area (Å²) in [5.74, 6) is 1.86. The van der Waals surface area contributed by atoms with Gasteiger partial charge in [-0.2, -0.15) is 16.7 Å². The molecule has 0 aliphatic heterocycles. The minimum absolute atomic E-state index is 0.217. The average Bonchev–Trinajstić information content (AvgIpc) is 2.86. The van der Waals surface area contributed by atoms with E-state index >= 15 is 0 Å². The van der Waals surface area contributed by atoms with Gasteiger partial charge in [-0.15, -0.1) is 0 Å². The Morgan fingerprint density at radius 1 is 1.53 bits per heavy atom. The third kappa shape index (κ3) is 3.01. The van der Waals surface area contributed by atoms with E-state index in [0.717, 1.165) is 12.2 Å². The van der Waals surface area contributed by atoms with Gasteiger partial charge in [0.05, 0.1) is 6.04 Å². The molecule has 0 aliphatic rings. The van der Waals surface area contributed by atoms with Crippen LogP contribution in [0.4, 0.5) is 0 Å². The molecule has 0 saturated carbocycles. The van der Waals surface area contributed by atoms with Crippen molar-refractivity contribution in [3.63, 3.8) is 0 Å². The first-order valence-electron chi connectivity index (χ1n) is 5.15. The van der Waals surface area contributed by atoms with Crippen LogP contribution in [0.5, 0.6) is 0 Å². The van der Waals surface area contributed by atoms with E-state index in [9.17, 15) is 0 Å². The molecular formula is C10H13N5OS. The highest BCUT2D eigenvalue weighted by atomic mass is 32.2. The Morgan fingerprint density at radius 2 is 2.41 bits per heavy atom. The van der Waals surface area contributed by atoms with E-state index in [1.807, 2.05) is 6.26 Å². The SMILES string of the molecule is CSCCC(N)c1nc(-c2ccncn2)no1. The second-order valence-corrected chi connectivity index (χ2v) is 4.42. The van der Waals surface area contributed by atoms with Crippen molar-refractivity contribution in [1.29, 1.82) is 0 Å². The summed E-state index contributed by atoms with van der Waals surface area (Å²) in [5.41, 5.74) is 6.56. The van der Waals surface area contributed by atoms with Gasteiger partial charge < -0.3 is 10.3 Å². The number of hydrogen-bond donors (Lipinski definition) is 1. The van der Waals surface area contributed by atoms with Crippen LogP contribution in [-0.4, -0.2) is 32.1 Å². The van der Waals surface area contributed by atoms with E-state index in [0.29, 0.717) is 17.4 Å². The molecular weight excluding hydrogens is 238 g/mol. The Labute approximate surface area is 103 Å². The first-order valence-corrected chi connectivity index (χ1v) is 6.55. The molecule has 2 rings (SSSR count). The zero-order valence-electron chi connectivity index (χ0n) is 9.41. The quantitative estimate of drug-likeness (QED) is 0.855. The van der Waals surface area contributed by atoms with Crippen molar-refractivity contribution in [3.05, 3.63) is 24.5 Å². The van der Waals surface area contributed by atoms with Gasteiger partial charge in [-0.1, -0.05) is 5.16 Å². The molecule has 2 aromatic rings. The number of aromatic nitrogens is 4. The number of thioether (sulfide) groups is 1. The molecule has 7 heteroatoms. The first-order chi connectivity index (χ1) is 8.31. The fraction of sp³-hybridized carbons (Fsp3) is 0.400. The molecule has 0 spiro atoms. The lowest BCUT2D eigenvalue weighted by Crippen LogP contribution is -2.11. The van der Waals surface area contributed by atoms with Gasteiger partial charge in [-0.25, -0.2) is 9.97 Å². The third-order valence-corrected chi connectivity index (χ3v) is 2.85. The lowest BCUT2D eigenvalue weighted by Gasteiger charge is -2.03. The molecule has 6 nitrogen and oxygen atoms in total. The second-order valence-electron chi connectivity index (χ2n) is 3.44. The predicted molar refractivity (Wildman–Crippen MR) is 65.3 cm³/mol. The number of nitrogens with zero attached hydrogens (tertiary/aromatic N) is 4. The summed E-state index contributed by atoms with van der Waals surface area (Å²) in [6, 6.07) is 1.51. The highest BCUT2D eigenvalue weighted by molar-refractivity contribution is 7.98. The molecule has 2 N–H and O–H groups in total. The minimum Gasteiger partial charge on any atom is -0.337 e. The van der Waals surface area contributed by atoms with Crippen molar-refractivity contribution in [3.8, 4) is 11.5 Å². The summed E-state index contributed by atoms with van der Waals surface area (Å²) in [5, 5.41) is 3.85. The van der Waals surface area contributed by atoms with Crippen LogP contribution in [0.1, 0.15) is 18.4 Å². The van der Waals surface area contributed by atoms with Gasteiger partial charge in [-0.05, 0) is 24.5 Å². The summed E-state index contributed by atoms with van der Waals surface area (Å²) in [7, 11) is 0. The van der Waals surface area contributed by atoms with E-state index < -0.39 is 0 Å². The molecule has 0 fully saturated rings. The number of rotatable bonds is 5. The predicted octanol–water partition coefficient (Wildman–Crippen LogP) is 1.28. The van der Waals surface area contributed by atoms with Crippen LogP contribution in [0.2, 0.25) is 0 Å². The summed E-state index contributed by atoms with van der Waals surface area (Å²) in [6.45, 7) is 0. The number of nitrogens with two attached hydrogens (primary N) is 1. The van der Waals surface area contributed by atoms with Gasteiger partial charge in [0.2, 0.25) is 11.7 Å². The molecule has 0 bridgehead atoms. The summed E-state index contributed by atoms with van der Waals surface area (Å²) in [4.78, 5) is 12.1. The molecule has 90 valence electrons. The summed E-state index contributed by atoms with van der Waals surface area (Å²) >= 11 is 1.74. The van der Waals surface area contributed by atoms with Gasteiger partial charge in [0.1, 0.15) is 12.0 Å². The lowest BCUT2D eigenvalue weighted by atomic mass is 10.2. The largest absolute Gasteiger partial charge is 0.337 e. The molecule has 1 atom stereocenters. The third-order valence-electron chi connectivity index (χ3n) is 2.20. The standard InChI is InChI=1S/C10H13N5OS/c1-17-5-3-7(11)10-14-9(15-16-10)8-2-4-12-6-13-8/h2,4,6-7H,3,5,11H2,1H3. The Hall–Kier alpha value is -1.47. The van der Waals surface area contributed by atoms with Gasteiger partial charge in [0.25, 0.3) is 0 Å². The first kappa shape index (κ1) is 12.0. The zero-order chi connectivity index (χ0) is 12.1. The Bertz CT molecular complexity index is 461. The number of hydrogen-bond acceptors (Lipinski definition) is 7. The van der Waals surface area contributed by atoms with Crippen LogP contribution in [-0.2, 0) is 0 Å². The van der Waals surface area contributed by atoms with E-state index in [4.69, 9.17) is 10.3 Å². The summed E-state index contributed by atoms with van der Waals surface area (Å²) in [6.07, 6.45) is 5.92. The van der Waals surface area contributed by atoms with Crippen molar-refractivity contribution in [2.75, 3.05) is 12.0 Å². The molecule has 17 heavy (non-hydrogen) atoms. The zero-order valence-corrected chi connectivity index (χ0v) is 10.2. The molecule has 0 amide bonds. The molecule has 0 aromatic carbocycles. The van der Waals surface area contributed by atoms with Crippen molar-refractivity contribution in [2.45, 2.75) is 12.5 Å². The molecule has 1 unspecified atom stereocenters. The molecule has 2 heterocycles. The molecule has 0 saturated heterocycles. The molecule has 0 aliphatic carbocycles. The van der Waals surface area contributed by atoms with Crippen LogP contribution in [0.25, 0.3) is 11.5 Å². The topological polar surface area (TPSA) is 90.7 Å². The van der Waals surface area contributed by atoms with Crippen LogP contribution in [0.3, 0.4) is 0 Å². The van der Waals surface area contributed by atoms with Crippen molar-refractivity contribution < 1.29 is 4.52 Å². The fourth-order valence-electron chi connectivity index (χ4n) is 1.28. The summed E-state index contributed by atoms with van der Waals surface area (Å²) < 4.78 is 5.12. The van der Waals surface area contributed by atoms with Gasteiger partial charge >= 0.3 is 0 Å². The highest BCUT2D eigenvalue weighted by Gasteiger charge is 2.15. The van der Waals surface area contributed by atoms with Gasteiger partial charge in [-0.3, -0.25) is 0 Å². The van der Waals surface area contributed by atoms with Crippen molar-refractivity contribution >= 4 is 11.8 Å². The molecule has 0 radical (unpaired) electrons. The Balaban J connectivity index is 2.11. The Morgan fingerprint density at radius 3 is 3.12 bits per heavy atom. The monoisotopic (exact) mass is 251 g/mol. The van der Waals surface area contributed by atoms with E-state index in [1.54, 1.807) is 24.0 Å². The highest BCUT2D eigenvalue weighted by Crippen LogP contribution is 2.17. The van der Waals surface area contributed by atoms with Crippen LogP contribution in [0, 0.1) is 0 Å². The second kappa shape index (κ2) is 5.74. The Kier molecular flexibility index (Phi) is 4.05. The smallest absolute Gasteiger partial charge is 0.243 e. The van der Waals surface area contributed by atoms with E-state index in [2.05, 4.69) is 20.1 Å². The maximum absolute atomic E-state index is 5.93. The van der Waals surface area contributed by atoms with Gasteiger partial charge in [0, 0.05) is 6.20 Å². The van der Waals surface area contributed by atoms with E-state index in [-0.39, 0.29) is 6.04 Å². The van der Waals surface area contributed by atoms with Crippen molar-refractivity contribution in [2.24, 2.45) is 5.73 Å². The van der Waals surface area contributed by atoms with Crippen LogP contribution < -0.4 is 5.73 Å². The minimum atomic E-state index is -0.217. The average molecular weight is 251 g/mol.